The van der Waals surface area contributed by atoms with Crippen molar-refractivity contribution in [3.05, 3.63) is 0 Å². The summed E-state index contributed by atoms with van der Waals surface area (Å²) in [6, 6.07) is 0. The van der Waals surface area contributed by atoms with E-state index in [1.165, 1.54) is 0 Å². The van der Waals surface area contributed by atoms with Crippen LogP contribution in [0.5, 0.6) is 0 Å². The van der Waals surface area contributed by atoms with Gasteiger partial charge in [0.1, 0.15) is 0 Å². The van der Waals surface area contributed by atoms with Crippen LogP contribution in [0.25, 0.3) is 0 Å². The first-order chi connectivity index (χ1) is 4.72. The van der Waals surface area contributed by atoms with E-state index >= 15 is 0 Å². The highest BCUT2D eigenvalue weighted by Gasteiger charge is 1.95. The Morgan fingerprint density at radius 1 is 1.50 bits per heavy atom. The molecule has 0 radical (unpaired) electrons. The monoisotopic (exact) mass is 159 g/mol. The van der Waals surface area contributed by atoms with E-state index in [4.69, 9.17) is 0 Å². The molecule has 0 aromatic carbocycles. The van der Waals surface area contributed by atoms with Crippen LogP contribution in [0.1, 0.15) is 13.3 Å². The molecule has 0 atom stereocenters. The highest BCUT2D eigenvalue weighted by atomic mass is 32.1. The van der Waals surface area contributed by atoms with Crippen LogP contribution >= 0.6 is 0 Å². The second-order valence-corrected chi connectivity index (χ2v) is 2.35. The van der Waals surface area contributed by atoms with Crippen LogP contribution in [0.15, 0.2) is 9.36 Å². The Labute approximate surface area is 67.3 Å². The molecule has 3 nitrogen and oxygen atoms in total. The van der Waals surface area contributed by atoms with Gasteiger partial charge in [0.15, 0.2) is 0 Å². The van der Waals surface area contributed by atoms with Gasteiger partial charge in [0.05, 0.1) is 0 Å². The van der Waals surface area contributed by atoms with Crippen LogP contribution in [-0.4, -0.2) is 31.5 Å². The zero-order valence-corrected chi connectivity index (χ0v) is 7.48. The largest absolute Gasteiger partial charge is 0.347 e. The molecule has 0 saturated carbocycles. The predicted molar refractivity (Wildman–Crippen MR) is 46.1 cm³/mol. The van der Waals surface area contributed by atoms with Gasteiger partial charge in [-0.15, -0.1) is 4.36 Å². The average molecular weight is 159 g/mol. The van der Waals surface area contributed by atoms with Crippen molar-refractivity contribution in [1.82, 2.24) is 4.90 Å². The van der Waals surface area contributed by atoms with E-state index in [-0.39, 0.29) is 0 Å². The van der Waals surface area contributed by atoms with Crippen molar-refractivity contribution in [2.45, 2.75) is 13.3 Å². The second kappa shape index (κ2) is 5.29. The van der Waals surface area contributed by atoms with Crippen molar-refractivity contribution < 1.29 is 0 Å². The molecule has 0 bridgehead atoms. The molecule has 0 rings (SSSR count). The lowest BCUT2D eigenvalue weighted by Crippen LogP contribution is -2.19. The first-order valence-electron chi connectivity index (χ1n) is 3.27. The fourth-order valence-corrected chi connectivity index (χ4v) is 0.685. The Bertz CT molecular complexity index is 131. The van der Waals surface area contributed by atoms with E-state index in [0.29, 0.717) is 5.96 Å². The zero-order valence-electron chi connectivity index (χ0n) is 6.66. The van der Waals surface area contributed by atoms with Crippen LogP contribution in [0.2, 0.25) is 0 Å². The fraction of sp³-hybridized carbons (Fsp3) is 0.833. The number of nitrogens with zero attached hydrogens (tertiary/aromatic N) is 3. The Morgan fingerprint density at radius 2 is 2.10 bits per heavy atom. The van der Waals surface area contributed by atoms with E-state index in [9.17, 15) is 0 Å². The molecule has 0 N–H and O–H groups in total. The molecular formula is C6H13N3S. The molecule has 0 aliphatic rings. The third-order valence-electron chi connectivity index (χ3n) is 0.958. The smallest absolute Gasteiger partial charge is 0.232 e. The number of guanidine groups is 1. The highest BCUT2D eigenvalue weighted by molar-refractivity contribution is 7.47. The van der Waals surface area contributed by atoms with E-state index in [0.717, 1.165) is 13.0 Å². The van der Waals surface area contributed by atoms with E-state index in [1.807, 2.05) is 19.0 Å². The third kappa shape index (κ3) is 3.50. The minimum absolute atomic E-state index is 0.636. The molecule has 0 heterocycles. The SMILES string of the molecule is CCCN=C(N=S)N(C)C. The van der Waals surface area contributed by atoms with Crippen LogP contribution < -0.4 is 0 Å². The third-order valence-corrected chi connectivity index (χ3v) is 1.12. The maximum absolute atomic E-state index is 4.52. The Kier molecular flexibility index (Phi) is 5.02. The van der Waals surface area contributed by atoms with Gasteiger partial charge in [-0.3, -0.25) is 4.99 Å². The Balaban J connectivity index is 3.91. The average Bonchev–Trinajstić information content (AvgIpc) is 1.89. The molecular weight excluding hydrogens is 146 g/mol. The minimum Gasteiger partial charge on any atom is -0.347 e. The molecule has 0 aromatic heterocycles. The predicted octanol–water partition coefficient (Wildman–Crippen LogP) is 1.04. The summed E-state index contributed by atoms with van der Waals surface area (Å²) in [5.74, 6) is 0.636. The van der Waals surface area contributed by atoms with Crippen molar-refractivity contribution in [2.24, 2.45) is 9.36 Å². The second-order valence-electron chi connectivity index (χ2n) is 2.17. The number of aliphatic imine (C=N–C) groups is 1. The standard InChI is InChI=1S/C6H13N3S/c1-4-5-7-6(8-10)9(2)3/h4-5H2,1-3H3. The van der Waals surface area contributed by atoms with E-state index < -0.39 is 0 Å². The van der Waals surface area contributed by atoms with Crippen molar-refractivity contribution in [3.63, 3.8) is 0 Å². The summed E-state index contributed by atoms with van der Waals surface area (Å²) in [5, 5.41) is 0. The highest BCUT2D eigenvalue weighted by Crippen LogP contribution is 1.87. The van der Waals surface area contributed by atoms with Crippen LogP contribution in [-0.2, 0) is 12.4 Å². The normalized spacial score (nSPS) is 11.3. The Morgan fingerprint density at radius 3 is 2.40 bits per heavy atom. The molecule has 4 heteroatoms. The topological polar surface area (TPSA) is 28.0 Å². The molecule has 0 aliphatic carbocycles. The van der Waals surface area contributed by atoms with Gasteiger partial charge in [0.2, 0.25) is 5.96 Å². The van der Waals surface area contributed by atoms with Gasteiger partial charge in [0, 0.05) is 33.1 Å². The van der Waals surface area contributed by atoms with Gasteiger partial charge < -0.3 is 4.90 Å². The van der Waals surface area contributed by atoms with Gasteiger partial charge in [-0.2, -0.15) is 0 Å². The zero-order chi connectivity index (χ0) is 7.98. The molecule has 0 unspecified atom stereocenters. The van der Waals surface area contributed by atoms with Crippen LogP contribution in [0.4, 0.5) is 0 Å². The first-order valence-corrected chi connectivity index (χ1v) is 3.64. The maximum Gasteiger partial charge on any atom is 0.232 e. The number of hydrogen-bond donors (Lipinski definition) is 0. The van der Waals surface area contributed by atoms with Gasteiger partial charge in [-0.05, 0) is 6.42 Å². The molecule has 10 heavy (non-hydrogen) atoms. The van der Waals surface area contributed by atoms with Crippen LogP contribution in [0, 0.1) is 0 Å². The van der Waals surface area contributed by atoms with E-state index in [1.54, 1.807) is 0 Å². The summed E-state index contributed by atoms with van der Waals surface area (Å²) < 4.78 is 3.58. The Hall–Kier alpha value is -0.510. The quantitative estimate of drug-likeness (QED) is 0.445. The van der Waals surface area contributed by atoms with Crippen molar-refractivity contribution >= 4 is 18.4 Å². The van der Waals surface area contributed by atoms with E-state index in [2.05, 4.69) is 28.7 Å². The summed E-state index contributed by atoms with van der Waals surface area (Å²) in [4.78, 5) is 5.94. The summed E-state index contributed by atoms with van der Waals surface area (Å²) in [7, 11) is 3.76. The lowest BCUT2D eigenvalue weighted by Gasteiger charge is -2.08. The number of hydrogen-bond acceptors (Lipinski definition) is 2. The van der Waals surface area contributed by atoms with Gasteiger partial charge in [-0.1, -0.05) is 6.92 Å². The van der Waals surface area contributed by atoms with Gasteiger partial charge >= 0.3 is 0 Å². The fourth-order valence-electron chi connectivity index (χ4n) is 0.464. The summed E-state index contributed by atoms with van der Waals surface area (Å²) in [6.07, 6.45) is 1.03. The van der Waals surface area contributed by atoms with Gasteiger partial charge in [-0.25, -0.2) is 0 Å². The molecule has 0 aliphatic heterocycles. The lowest BCUT2D eigenvalue weighted by molar-refractivity contribution is 0.610. The molecule has 0 aromatic rings. The minimum atomic E-state index is 0.636. The summed E-state index contributed by atoms with van der Waals surface area (Å²) >= 11 is 4.52. The molecule has 0 saturated heterocycles. The summed E-state index contributed by atoms with van der Waals surface area (Å²) in [5.41, 5.74) is 0. The lowest BCUT2D eigenvalue weighted by atomic mass is 10.5. The van der Waals surface area contributed by atoms with Crippen molar-refractivity contribution in [2.75, 3.05) is 20.6 Å². The van der Waals surface area contributed by atoms with Crippen LogP contribution in [0.3, 0.4) is 0 Å². The maximum atomic E-state index is 4.52. The first kappa shape index (κ1) is 9.49. The molecule has 0 amide bonds. The van der Waals surface area contributed by atoms with Crippen molar-refractivity contribution in [3.8, 4) is 0 Å². The van der Waals surface area contributed by atoms with Crippen molar-refractivity contribution in [1.29, 1.82) is 0 Å². The number of rotatable bonds is 2. The van der Waals surface area contributed by atoms with Gasteiger partial charge in [0.25, 0.3) is 0 Å². The summed E-state index contributed by atoms with van der Waals surface area (Å²) in [6.45, 7) is 2.87. The molecule has 0 spiro atoms. The molecule has 58 valence electrons. The molecule has 0 fully saturated rings.